The van der Waals surface area contributed by atoms with Gasteiger partial charge in [0.15, 0.2) is 11.5 Å². The van der Waals surface area contributed by atoms with Gasteiger partial charge in [-0.15, -0.1) is 0 Å². The Balaban J connectivity index is 1.85. The highest BCUT2D eigenvalue weighted by molar-refractivity contribution is 5.89. The number of nitrogens with one attached hydrogen (secondary N) is 2. The maximum absolute atomic E-state index is 12.8. The molecule has 0 saturated heterocycles. The molecule has 2 N–H and O–H groups in total. The number of unbranched alkanes of at least 4 members (excludes halogenated alkanes) is 2. The zero-order valence-corrected chi connectivity index (χ0v) is 25.8. The van der Waals surface area contributed by atoms with E-state index < -0.39 is 17.9 Å². The number of hydrogen-bond acceptors (Lipinski definition) is 5. The first-order valence-electron chi connectivity index (χ1n) is 14.7. The predicted octanol–water partition coefficient (Wildman–Crippen LogP) is 6.50. The third-order valence-corrected chi connectivity index (χ3v) is 6.70. The Hall–Kier alpha value is -3.61. The Kier molecular flexibility index (Phi) is 14.1. The van der Waals surface area contributed by atoms with Crippen molar-refractivity contribution in [1.82, 2.24) is 10.6 Å². The second kappa shape index (κ2) is 17.3. The Morgan fingerprint density at radius 1 is 0.878 bits per heavy atom. The zero-order valence-electron chi connectivity index (χ0n) is 25.8. The number of carbonyl (C=O) groups excluding carboxylic acids is 3. The van der Waals surface area contributed by atoms with Gasteiger partial charge in [-0.1, -0.05) is 70.2 Å². The largest absolute Gasteiger partial charge is 0.493 e. The van der Waals surface area contributed by atoms with Gasteiger partial charge in [-0.25, -0.2) is 4.79 Å². The van der Waals surface area contributed by atoms with E-state index in [9.17, 15) is 14.4 Å². The average molecular weight is 565 g/mol. The van der Waals surface area contributed by atoms with Crippen LogP contribution in [0.5, 0.6) is 11.5 Å². The summed E-state index contributed by atoms with van der Waals surface area (Å²) in [5.41, 5.74) is 2.94. The number of ether oxygens (including phenoxy) is 2. The minimum Gasteiger partial charge on any atom is -0.493 e. The number of hydrogen-bond donors (Lipinski definition) is 2. The summed E-state index contributed by atoms with van der Waals surface area (Å²) in [5.74, 6) is 0.462. The number of benzene rings is 2. The first-order chi connectivity index (χ1) is 19.5. The van der Waals surface area contributed by atoms with Crippen LogP contribution in [0.4, 0.5) is 0 Å². The van der Waals surface area contributed by atoms with Crippen molar-refractivity contribution in [2.45, 2.75) is 92.2 Å². The van der Waals surface area contributed by atoms with Crippen molar-refractivity contribution in [2.75, 3.05) is 7.11 Å². The summed E-state index contributed by atoms with van der Waals surface area (Å²) in [5, 5.41) is 5.68. The van der Waals surface area contributed by atoms with Crippen LogP contribution < -0.4 is 20.1 Å². The van der Waals surface area contributed by atoms with E-state index in [1.165, 1.54) is 12.7 Å². The number of amides is 2. The minimum absolute atomic E-state index is 0.00222. The first kappa shape index (κ1) is 33.6. The molecule has 2 rings (SSSR count). The lowest BCUT2D eigenvalue weighted by molar-refractivity contribution is -0.139. The summed E-state index contributed by atoms with van der Waals surface area (Å²) in [4.78, 5) is 37.8. The summed E-state index contributed by atoms with van der Waals surface area (Å²) in [6, 6.07) is 12.3. The lowest BCUT2D eigenvalue weighted by Crippen LogP contribution is -2.42. The van der Waals surface area contributed by atoms with Gasteiger partial charge in [-0.2, -0.15) is 0 Å². The summed E-state index contributed by atoms with van der Waals surface area (Å²) >= 11 is 0. The molecule has 0 aliphatic carbocycles. The third kappa shape index (κ3) is 12.2. The van der Waals surface area contributed by atoms with E-state index >= 15 is 0 Å². The topological polar surface area (TPSA) is 93.7 Å². The molecule has 7 nitrogen and oxygen atoms in total. The first-order valence-corrected chi connectivity index (χ1v) is 14.7. The van der Waals surface area contributed by atoms with Gasteiger partial charge in [0.25, 0.3) is 0 Å². The fourth-order valence-corrected chi connectivity index (χ4v) is 4.27. The molecule has 2 amide bonds. The molecular formula is C34H48N2O5. The molecule has 2 aromatic carbocycles. The van der Waals surface area contributed by atoms with Crippen LogP contribution in [0.3, 0.4) is 0 Å². The molecule has 0 spiro atoms. The monoisotopic (exact) mass is 564 g/mol. The van der Waals surface area contributed by atoms with Crippen molar-refractivity contribution < 1.29 is 23.9 Å². The second-order valence-electron chi connectivity index (χ2n) is 11.4. The van der Waals surface area contributed by atoms with Crippen LogP contribution >= 0.6 is 0 Å². The molecule has 224 valence electrons. The minimum atomic E-state index is -0.852. The van der Waals surface area contributed by atoms with Gasteiger partial charge in [0.1, 0.15) is 6.04 Å². The van der Waals surface area contributed by atoms with Crippen molar-refractivity contribution >= 4 is 17.8 Å². The molecular weight excluding hydrogens is 516 g/mol. The average Bonchev–Trinajstić information content (AvgIpc) is 2.93. The van der Waals surface area contributed by atoms with E-state index in [4.69, 9.17) is 9.47 Å². The normalized spacial score (nSPS) is 12.8. The van der Waals surface area contributed by atoms with Crippen LogP contribution in [0.2, 0.25) is 0 Å². The smallest absolute Gasteiger partial charge is 0.333 e. The molecule has 41 heavy (non-hydrogen) atoms. The van der Waals surface area contributed by atoms with Gasteiger partial charge in [0.2, 0.25) is 11.8 Å². The number of rotatable bonds is 16. The summed E-state index contributed by atoms with van der Waals surface area (Å²) in [6.45, 7) is 12.4. The lowest BCUT2D eigenvalue weighted by Gasteiger charge is -2.18. The van der Waals surface area contributed by atoms with Crippen molar-refractivity contribution in [1.29, 1.82) is 0 Å². The van der Waals surface area contributed by atoms with Crippen LogP contribution in [0, 0.1) is 11.8 Å². The van der Waals surface area contributed by atoms with E-state index in [1.807, 2.05) is 31.2 Å². The highest BCUT2D eigenvalue weighted by atomic mass is 16.6. The van der Waals surface area contributed by atoms with Gasteiger partial charge in [-0.3, -0.25) is 9.59 Å². The maximum Gasteiger partial charge on any atom is 0.333 e. The second-order valence-corrected chi connectivity index (χ2v) is 11.4. The summed E-state index contributed by atoms with van der Waals surface area (Å²) in [6.07, 6.45) is 8.62. The Morgan fingerprint density at radius 3 is 2.20 bits per heavy atom. The van der Waals surface area contributed by atoms with Crippen LogP contribution in [-0.4, -0.2) is 30.9 Å². The fraction of sp³-hybridized carbons (Fsp3) is 0.500. The quantitative estimate of drug-likeness (QED) is 0.105. The van der Waals surface area contributed by atoms with E-state index in [0.717, 1.165) is 36.8 Å². The summed E-state index contributed by atoms with van der Waals surface area (Å²) in [7, 11) is 1.49. The molecule has 0 radical (unpaired) electrons. The molecule has 7 heteroatoms. The molecule has 0 saturated carbocycles. The Bertz CT molecular complexity index is 1150. The van der Waals surface area contributed by atoms with Gasteiger partial charge >= 0.3 is 5.97 Å². The molecule has 0 aliphatic heterocycles. The molecule has 2 unspecified atom stereocenters. The van der Waals surface area contributed by atoms with Gasteiger partial charge in [0.05, 0.1) is 13.0 Å². The number of allylic oxidation sites excluding steroid dienone is 2. The van der Waals surface area contributed by atoms with Crippen LogP contribution in [0.25, 0.3) is 0 Å². The van der Waals surface area contributed by atoms with E-state index in [1.54, 1.807) is 25.1 Å². The van der Waals surface area contributed by atoms with E-state index in [-0.39, 0.29) is 17.6 Å². The van der Waals surface area contributed by atoms with Crippen molar-refractivity contribution in [2.24, 2.45) is 11.8 Å². The molecule has 0 aliphatic rings. The highest BCUT2D eigenvalue weighted by Crippen LogP contribution is 2.28. The van der Waals surface area contributed by atoms with Crippen LogP contribution in [0.15, 0.2) is 54.6 Å². The van der Waals surface area contributed by atoms with Crippen molar-refractivity contribution in [3.8, 4) is 11.5 Å². The Morgan fingerprint density at radius 2 is 1.56 bits per heavy atom. The van der Waals surface area contributed by atoms with Crippen molar-refractivity contribution in [3.05, 3.63) is 71.3 Å². The van der Waals surface area contributed by atoms with Gasteiger partial charge < -0.3 is 20.1 Å². The molecule has 2 aromatic rings. The zero-order chi connectivity index (χ0) is 30.4. The fourth-order valence-electron chi connectivity index (χ4n) is 4.27. The maximum atomic E-state index is 12.8. The molecule has 2 atom stereocenters. The highest BCUT2D eigenvalue weighted by Gasteiger charge is 2.23. The predicted molar refractivity (Wildman–Crippen MR) is 164 cm³/mol. The van der Waals surface area contributed by atoms with Crippen LogP contribution in [-0.2, 0) is 27.3 Å². The number of esters is 1. The van der Waals surface area contributed by atoms with E-state index in [2.05, 4.69) is 50.5 Å². The van der Waals surface area contributed by atoms with Gasteiger partial charge in [0, 0.05) is 13.0 Å². The van der Waals surface area contributed by atoms with E-state index in [0.29, 0.717) is 30.6 Å². The van der Waals surface area contributed by atoms with Crippen molar-refractivity contribution in [3.63, 3.8) is 0 Å². The Labute approximate surface area is 246 Å². The molecule has 0 heterocycles. The van der Waals surface area contributed by atoms with Gasteiger partial charge in [-0.05, 0) is 80.2 Å². The lowest BCUT2D eigenvalue weighted by atomic mass is 9.96. The SMILES string of the molecule is COc1cc(CNC(=O)CCCCC=CC(C)C)ccc1OC(=O)C(C)NC(=O)C(C)c1ccc(CC(C)C)cc1. The standard InChI is InChI=1S/C34H48N2O5/c1-23(2)12-10-8-9-11-13-32(37)35-22-28-16-19-30(31(21-28)40-7)41-34(39)26(6)36-33(38)25(5)29-17-14-27(15-18-29)20-24(3)4/h10,12,14-19,21,23-26H,8-9,11,13,20,22H2,1-7H3,(H,35,37)(H,36,38). The van der Waals surface area contributed by atoms with Crippen LogP contribution in [0.1, 0.15) is 89.8 Å². The third-order valence-electron chi connectivity index (χ3n) is 6.70. The molecule has 0 bridgehead atoms. The molecule has 0 fully saturated rings. The number of carbonyl (C=O) groups is 3. The molecule has 0 aromatic heterocycles. The number of methoxy groups -OCH3 is 1. The summed E-state index contributed by atoms with van der Waals surface area (Å²) < 4.78 is 11.0.